The third-order valence-corrected chi connectivity index (χ3v) is 3.68. The smallest absolute Gasteiger partial charge is 0.438 e. The van der Waals surface area contributed by atoms with Crippen LogP contribution in [0.15, 0.2) is 21.2 Å². The van der Waals surface area contributed by atoms with E-state index < -0.39 is 18.3 Å². The van der Waals surface area contributed by atoms with E-state index in [0.717, 1.165) is 4.90 Å². The molecule has 22 heavy (non-hydrogen) atoms. The number of anilines is 1. The second-order valence-corrected chi connectivity index (χ2v) is 6.27. The molecule has 1 aromatic heterocycles. The van der Waals surface area contributed by atoms with Crippen LogP contribution in [0.3, 0.4) is 0 Å². The Hall–Kier alpha value is -2.02. The van der Waals surface area contributed by atoms with Gasteiger partial charge >= 0.3 is 6.16 Å². The summed E-state index contributed by atoms with van der Waals surface area (Å²) in [6, 6.07) is 1.62. The summed E-state index contributed by atoms with van der Waals surface area (Å²) >= 11 is 5.97. The fraction of sp³-hybridized carbons (Fsp3) is 0.500. The predicted octanol–water partition coefficient (Wildman–Crippen LogP) is 2.94. The van der Waals surface area contributed by atoms with Crippen LogP contribution in [0, 0.1) is 0 Å². The van der Waals surface area contributed by atoms with E-state index in [4.69, 9.17) is 20.9 Å². The van der Waals surface area contributed by atoms with Crippen LogP contribution >= 0.6 is 11.6 Å². The number of amides is 1. The Morgan fingerprint density at radius 2 is 2.09 bits per heavy atom. The first kappa shape index (κ1) is 16.4. The quantitative estimate of drug-likeness (QED) is 0.776. The van der Waals surface area contributed by atoms with Crippen LogP contribution < -0.4 is 4.90 Å². The Labute approximate surface area is 132 Å². The maximum Gasteiger partial charge on any atom is 0.510 e. The molecule has 1 aliphatic heterocycles. The Morgan fingerprint density at radius 1 is 1.45 bits per heavy atom. The van der Waals surface area contributed by atoms with E-state index >= 15 is 0 Å². The highest BCUT2D eigenvalue weighted by molar-refractivity contribution is 6.45. The van der Waals surface area contributed by atoms with E-state index in [1.807, 2.05) is 20.8 Å². The van der Waals surface area contributed by atoms with Crippen LogP contribution in [0.2, 0.25) is 0 Å². The Bertz CT molecular complexity index is 644. The van der Waals surface area contributed by atoms with Crippen molar-refractivity contribution >= 4 is 29.5 Å². The summed E-state index contributed by atoms with van der Waals surface area (Å²) in [4.78, 5) is 24.8. The number of nitrogens with zero attached hydrogens (tertiary/aromatic N) is 2. The summed E-state index contributed by atoms with van der Waals surface area (Å²) in [6.45, 7) is 7.44. The van der Waals surface area contributed by atoms with E-state index in [0.29, 0.717) is 11.3 Å². The standard InChI is InChI=1S/C14H17ClN2O5/c1-7-10(15)11(18)17(12(7)21-13(19)20-5)9-6-8(22-16-9)14(2,3)4/h6,12H,1-5H3. The van der Waals surface area contributed by atoms with E-state index in [9.17, 15) is 9.59 Å². The lowest BCUT2D eigenvalue weighted by atomic mass is 9.93. The maximum atomic E-state index is 12.3. The van der Waals surface area contributed by atoms with Crippen LogP contribution in [0.5, 0.6) is 0 Å². The molecule has 0 radical (unpaired) electrons. The molecule has 2 rings (SSSR count). The van der Waals surface area contributed by atoms with E-state index in [1.165, 1.54) is 7.11 Å². The van der Waals surface area contributed by atoms with Gasteiger partial charge in [-0.25, -0.2) is 9.69 Å². The minimum atomic E-state index is -1.01. The third-order valence-electron chi connectivity index (χ3n) is 3.22. The van der Waals surface area contributed by atoms with Gasteiger partial charge in [0.05, 0.1) is 7.11 Å². The lowest BCUT2D eigenvalue weighted by molar-refractivity contribution is -0.115. The first-order valence-corrected chi connectivity index (χ1v) is 6.96. The molecule has 0 spiro atoms. The van der Waals surface area contributed by atoms with Crippen LogP contribution in [0.1, 0.15) is 33.5 Å². The minimum absolute atomic E-state index is 0.0192. The lowest BCUT2D eigenvalue weighted by Crippen LogP contribution is -2.39. The van der Waals surface area contributed by atoms with E-state index in [1.54, 1.807) is 13.0 Å². The Morgan fingerprint density at radius 3 is 2.59 bits per heavy atom. The van der Waals surface area contributed by atoms with Crippen LogP contribution in [-0.4, -0.2) is 30.6 Å². The summed E-state index contributed by atoms with van der Waals surface area (Å²) in [5.74, 6) is 0.299. The number of halogens is 1. The Balaban J connectivity index is 2.37. The van der Waals surface area contributed by atoms with Gasteiger partial charge in [-0.15, -0.1) is 0 Å². The molecule has 8 heteroatoms. The van der Waals surface area contributed by atoms with Crippen molar-refractivity contribution in [2.45, 2.75) is 39.3 Å². The third kappa shape index (κ3) is 2.81. The van der Waals surface area contributed by atoms with Crippen molar-refractivity contribution in [1.82, 2.24) is 5.16 Å². The minimum Gasteiger partial charge on any atom is -0.438 e. The van der Waals surface area contributed by atoms with Gasteiger partial charge in [0.15, 0.2) is 5.82 Å². The van der Waals surface area contributed by atoms with Gasteiger partial charge in [-0.1, -0.05) is 37.5 Å². The number of rotatable bonds is 2. The number of ether oxygens (including phenoxy) is 2. The Kier molecular flexibility index (Phi) is 4.19. The van der Waals surface area contributed by atoms with E-state index in [2.05, 4.69) is 9.89 Å². The first-order valence-electron chi connectivity index (χ1n) is 6.58. The zero-order valence-electron chi connectivity index (χ0n) is 13.0. The van der Waals surface area contributed by atoms with Gasteiger partial charge in [-0.05, 0) is 6.92 Å². The van der Waals surface area contributed by atoms with Gasteiger partial charge < -0.3 is 14.0 Å². The van der Waals surface area contributed by atoms with Crippen LogP contribution in [0.25, 0.3) is 0 Å². The molecule has 0 aromatic carbocycles. The van der Waals surface area contributed by atoms with E-state index in [-0.39, 0.29) is 16.3 Å². The number of hydrogen-bond acceptors (Lipinski definition) is 6. The van der Waals surface area contributed by atoms with Crippen LogP contribution in [0.4, 0.5) is 10.6 Å². The van der Waals surface area contributed by atoms with Crippen molar-refractivity contribution in [2.24, 2.45) is 0 Å². The molecule has 1 amide bonds. The molecule has 0 bridgehead atoms. The van der Waals surface area contributed by atoms with Crippen molar-refractivity contribution < 1.29 is 23.6 Å². The number of methoxy groups -OCH3 is 1. The first-order chi connectivity index (χ1) is 10.2. The largest absolute Gasteiger partial charge is 0.510 e. The zero-order chi connectivity index (χ0) is 16.7. The molecule has 0 saturated heterocycles. The number of hydrogen-bond donors (Lipinski definition) is 0. The fourth-order valence-electron chi connectivity index (χ4n) is 1.92. The highest BCUT2D eigenvalue weighted by atomic mass is 35.5. The molecule has 0 saturated carbocycles. The summed E-state index contributed by atoms with van der Waals surface area (Å²) in [7, 11) is 1.18. The number of carbonyl (C=O) groups excluding carboxylic acids is 2. The second-order valence-electron chi connectivity index (χ2n) is 5.90. The summed E-state index contributed by atoms with van der Waals surface area (Å²) < 4.78 is 14.8. The fourth-order valence-corrected chi connectivity index (χ4v) is 2.10. The molecule has 1 unspecified atom stereocenters. The predicted molar refractivity (Wildman–Crippen MR) is 78.5 cm³/mol. The van der Waals surface area contributed by atoms with Gasteiger partial charge in [0.1, 0.15) is 10.8 Å². The zero-order valence-corrected chi connectivity index (χ0v) is 13.7. The molecule has 1 aliphatic rings. The number of carbonyl (C=O) groups is 2. The van der Waals surface area contributed by atoms with Crippen molar-refractivity contribution in [3.63, 3.8) is 0 Å². The second kappa shape index (κ2) is 5.64. The molecular formula is C14H17ClN2O5. The summed E-state index contributed by atoms with van der Waals surface area (Å²) in [6.07, 6.45) is -1.93. The highest BCUT2D eigenvalue weighted by Crippen LogP contribution is 2.35. The van der Waals surface area contributed by atoms with Crippen molar-refractivity contribution in [3.05, 3.63) is 22.4 Å². The van der Waals surface area contributed by atoms with Gasteiger partial charge in [-0.2, -0.15) is 0 Å². The molecule has 1 aromatic rings. The average molecular weight is 329 g/mol. The van der Waals surface area contributed by atoms with Gasteiger partial charge in [-0.3, -0.25) is 4.79 Å². The molecule has 120 valence electrons. The molecule has 0 fully saturated rings. The monoisotopic (exact) mass is 328 g/mol. The molecule has 0 aliphatic carbocycles. The summed E-state index contributed by atoms with van der Waals surface area (Å²) in [5.41, 5.74) is 0.122. The topological polar surface area (TPSA) is 81.9 Å². The molecular weight excluding hydrogens is 312 g/mol. The highest BCUT2D eigenvalue weighted by Gasteiger charge is 2.42. The van der Waals surface area contributed by atoms with Crippen molar-refractivity contribution in [1.29, 1.82) is 0 Å². The normalized spacial score (nSPS) is 18.9. The van der Waals surface area contributed by atoms with Crippen molar-refractivity contribution in [2.75, 3.05) is 12.0 Å². The molecule has 1 atom stereocenters. The average Bonchev–Trinajstić information content (AvgIpc) is 3.00. The van der Waals surface area contributed by atoms with Gasteiger partial charge in [0, 0.05) is 17.1 Å². The molecule has 2 heterocycles. The lowest BCUT2D eigenvalue weighted by Gasteiger charge is -2.22. The van der Waals surface area contributed by atoms with Gasteiger partial charge in [0.2, 0.25) is 6.23 Å². The van der Waals surface area contributed by atoms with Crippen LogP contribution in [-0.2, 0) is 19.7 Å². The summed E-state index contributed by atoms with van der Waals surface area (Å²) in [5, 5.41) is 3.86. The SMILES string of the molecule is COC(=O)OC1C(C)=C(Cl)C(=O)N1c1cc(C(C)(C)C)on1. The maximum absolute atomic E-state index is 12.3. The number of aromatic nitrogens is 1. The van der Waals surface area contributed by atoms with Gasteiger partial charge in [0.25, 0.3) is 5.91 Å². The van der Waals surface area contributed by atoms with Crippen molar-refractivity contribution in [3.8, 4) is 0 Å². The molecule has 7 nitrogen and oxygen atoms in total. The molecule has 0 N–H and O–H groups in total.